The number of furan rings is 1. The Bertz CT molecular complexity index is 1080. The second-order valence-electron chi connectivity index (χ2n) is 10.9. The molecule has 3 heterocycles. The van der Waals surface area contributed by atoms with Gasteiger partial charge in [-0.05, 0) is 68.4 Å². The molecule has 1 spiro atoms. The van der Waals surface area contributed by atoms with Crippen LogP contribution in [0.4, 0.5) is 13.6 Å². The van der Waals surface area contributed by atoms with E-state index >= 15 is 0 Å². The molecule has 0 unspecified atom stereocenters. The van der Waals surface area contributed by atoms with E-state index in [9.17, 15) is 18.4 Å². The van der Waals surface area contributed by atoms with Crippen molar-refractivity contribution in [3.05, 3.63) is 59.1 Å². The van der Waals surface area contributed by atoms with Gasteiger partial charge >= 0.3 is 6.09 Å². The van der Waals surface area contributed by atoms with Crippen LogP contribution >= 0.6 is 0 Å². The number of carbonyl (C=O) groups excluding carboxylic acids is 2. The maximum absolute atomic E-state index is 14.3. The third-order valence-electron chi connectivity index (χ3n) is 8.19. The molecule has 1 N–H and O–H groups in total. The lowest BCUT2D eigenvalue weighted by atomic mass is 9.81. The summed E-state index contributed by atoms with van der Waals surface area (Å²) >= 11 is 0. The molecule has 3 fully saturated rings. The molecule has 2 aliphatic heterocycles. The zero-order valence-electron chi connectivity index (χ0n) is 21.3. The number of nitrogens with zero attached hydrogens (tertiary/aromatic N) is 2. The predicted molar refractivity (Wildman–Crippen MR) is 132 cm³/mol. The first-order valence-corrected chi connectivity index (χ1v) is 13.3. The Morgan fingerprint density at radius 3 is 2.49 bits per heavy atom. The van der Waals surface area contributed by atoms with Crippen molar-refractivity contribution < 1.29 is 27.5 Å². The van der Waals surface area contributed by atoms with E-state index in [1.54, 1.807) is 19.3 Å². The SMILES string of the molecule is Cc1cc(F)c(CN2CCC3(CC2)CN(CC2CCC(C(=O)NCc4ccco4)CC2)C(=O)O3)c(F)c1. The van der Waals surface area contributed by atoms with Gasteiger partial charge in [0.15, 0.2) is 0 Å². The molecule has 9 heteroatoms. The number of piperidine rings is 1. The minimum absolute atomic E-state index is 0.00406. The van der Waals surface area contributed by atoms with Crippen molar-refractivity contribution in [2.24, 2.45) is 11.8 Å². The number of halogens is 2. The largest absolute Gasteiger partial charge is 0.467 e. The van der Waals surface area contributed by atoms with Gasteiger partial charge in [0.25, 0.3) is 0 Å². The van der Waals surface area contributed by atoms with Crippen LogP contribution in [0.2, 0.25) is 0 Å². The van der Waals surface area contributed by atoms with Crippen molar-refractivity contribution in [2.45, 2.75) is 64.1 Å². The van der Waals surface area contributed by atoms with E-state index in [0.717, 1.165) is 31.4 Å². The topological polar surface area (TPSA) is 75.0 Å². The molecule has 2 saturated heterocycles. The van der Waals surface area contributed by atoms with Gasteiger partial charge in [-0.2, -0.15) is 0 Å². The van der Waals surface area contributed by atoms with Crippen molar-refractivity contribution in [1.29, 1.82) is 0 Å². The van der Waals surface area contributed by atoms with Gasteiger partial charge in [0.2, 0.25) is 5.91 Å². The fraction of sp³-hybridized carbons (Fsp3) is 0.571. The Balaban J connectivity index is 1.07. The van der Waals surface area contributed by atoms with Crippen LogP contribution < -0.4 is 5.32 Å². The van der Waals surface area contributed by atoms with Crippen LogP contribution in [0.5, 0.6) is 0 Å². The van der Waals surface area contributed by atoms with Crippen molar-refractivity contribution in [3.63, 3.8) is 0 Å². The molecule has 1 aromatic heterocycles. The minimum atomic E-state index is -0.527. The second kappa shape index (κ2) is 10.8. The maximum Gasteiger partial charge on any atom is 0.410 e. The number of rotatable bonds is 7. The van der Waals surface area contributed by atoms with Gasteiger partial charge in [-0.1, -0.05) is 0 Å². The van der Waals surface area contributed by atoms with Crippen LogP contribution in [0.25, 0.3) is 0 Å². The lowest BCUT2D eigenvalue weighted by molar-refractivity contribution is -0.126. The molecule has 1 aromatic carbocycles. The normalized spacial score (nSPS) is 23.9. The van der Waals surface area contributed by atoms with E-state index in [1.165, 1.54) is 12.1 Å². The van der Waals surface area contributed by atoms with E-state index in [0.29, 0.717) is 57.0 Å². The van der Waals surface area contributed by atoms with E-state index in [1.807, 2.05) is 15.9 Å². The number of likely N-dealkylation sites (tertiary alicyclic amines) is 1. The summed E-state index contributed by atoms with van der Waals surface area (Å²) in [6, 6.07) is 6.37. The summed E-state index contributed by atoms with van der Waals surface area (Å²) in [6.45, 7) is 4.72. The van der Waals surface area contributed by atoms with Crippen molar-refractivity contribution in [3.8, 4) is 0 Å². The second-order valence-corrected chi connectivity index (χ2v) is 10.9. The standard InChI is InChI=1S/C28H35F2N3O4/c1-19-13-24(29)23(25(30)14-19)17-32-10-8-28(9-11-32)18-33(27(35)37-28)16-20-4-6-21(7-5-20)26(34)31-15-22-3-2-12-36-22/h2-3,12-14,20-21H,4-11,15-18H2,1H3,(H,31,34). The number of aryl methyl sites for hydroxylation is 1. The first-order chi connectivity index (χ1) is 17.8. The third-order valence-corrected chi connectivity index (χ3v) is 8.19. The Morgan fingerprint density at radius 2 is 1.84 bits per heavy atom. The van der Waals surface area contributed by atoms with Gasteiger partial charge in [-0.15, -0.1) is 0 Å². The zero-order chi connectivity index (χ0) is 26.0. The Kier molecular flexibility index (Phi) is 7.51. The predicted octanol–water partition coefficient (Wildman–Crippen LogP) is 4.78. The average molecular weight is 516 g/mol. The first kappa shape index (κ1) is 25.7. The molecule has 1 saturated carbocycles. The monoisotopic (exact) mass is 515 g/mol. The van der Waals surface area contributed by atoms with Gasteiger partial charge in [-0.3, -0.25) is 9.69 Å². The highest BCUT2D eigenvalue weighted by Gasteiger charge is 2.47. The lowest BCUT2D eigenvalue weighted by Gasteiger charge is -2.37. The third kappa shape index (κ3) is 5.98. The van der Waals surface area contributed by atoms with Gasteiger partial charge in [0, 0.05) is 50.5 Å². The van der Waals surface area contributed by atoms with Gasteiger partial charge in [0.05, 0.1) is 19.4 Å². The number of benzene rings is 1. The highest BCUT2D eigenvalue weighted by atomic mass is 19.1. The maximum atomic E-state index is 14.3. The molecular weight excluding hydrogens is 480 g/mol. The molecule has 3 aliphatic rings. The fourth-order valence-corrected chi connectivity index (χ4v) is 5.97. The summed E-state index contributed by atoms with van der Waals surface area (Å²) in [4.78, 5) is 29.1. The number of hydrogen-bond acceptors (Lipinski definition) is 5. The number of amides is 2. The Morgan fingerprint density at radius 1 is 1.14 bits per heavy atom. The zero-order valence-corrected chi connectivity index (χ0v) is 21.3. The minimum Gasteiger partial charge on any atom is -0.467 e. The van der Waals surface area contributed by atoms with Gasteiger partial charge in [0.1, 0.15) is 23.0 Å². The van der Waals surface area contributed by atoms with Gasteiger partial charge in [-0.25, -0.2) is 13.6 Å². The Labute approximate surface area is 216 Å². The van der Waals surface area contributed by atoms with Crippen LogP contribution in [-0.2, 0) is 22.6 Å². The van der Waals surface area contributed by atoms with E-state index < -0.39 is 17.2 Å². The molecule has 2 amide bonds. The molecule has 5 rings (SSSR count). The molecule has 7 nitrogen and oxygen atoms in total. The van der Waals surface area contributed by atoms with Crippen molar-refractivity contribution >= 4 is 12.0 Å². The van der Waals surface area contributed by atoms with E-state index in [4.69, 9.17) is 9.15 Å². The van der Waals surface area contributed by atoms with Crippen LogP contribution in [-0.4, -0.2) is 53.6 Å². The number of carbonyl (C=O) groups is 2. The summed E-state index contributed by atoms with van der Waals surface area (Å²) in [6.07, 6.45) is 6.03. The molecule has 37 heavy (non-hydrogen) atoms. The molecule has 2 aromatic rings. The summed E-state index contributed by atoms with van der Waals surface area (Å²) < 4.78 is 39.7. The van der Waals surface area contributed by atoms with Crippen LogP contribution in [0.1, 0.15) is 55.4 Å². The van der Waals surface area contributed by atoms with Gasteiger partial charge < -0.3 is 19.4 Å². The molecule has 0 radical (unpaired) electrons. The molecular formula is C28H35F2N3O4. The van der Waals surface area contributed by atoms with E-state index in [2.05, 4.69) is 5.32 Å². The first-order valence-electron chi connectivity index (χ1n) is 13.3. The average Bonchev–Trinajstić information content (AvgIpc) is 3.49. The summed E-state index contributed by atoms with van der Waals surface area (Å²) in [7, 11) is 0. The van der Waals surface area contributed by atoms with Crippen molar-refractivity contribution in [2.75, 3.05) is 26.2 Å². The summed E-state index contributed by atoms with van der Waals surface area (Å²) in [5, 5.41) is 2.95. The number of hydrogen-bond donors (Lipinski definition) is 1. The highest BCUT2D eigenvalue weighted by molar-refractivity contribution is 5.78. The summed E-state index contributed by atoms with van der Waals surface area (Å²) in [5.74, 6) is 0.123. The smallest absolute Gasteiger partial charge is 0.410 e. The van der Waals surface area contributed by atoms with Crippen LogP contribution in [0.3, 0.4) is 0 Å². The molecule has 200 valence electrons. The van der Waals surface area contributed by atoms with Crippen molar-refractivity contribution in [1.82, 2.24) is 15.1 Å². The fourth-order valence-electron chi connectivity index (χ4n) is 5.97. The van der Waals surface area contributed by atoms with Crippen LogP contribution in [0, 0.1) is 30.4 Å². The van der Waals surface area contributed by atoms with Crippen LogP contribution in [0.15, 0.2) is 34.9 Å². The molecule has 1 aliphatic carbocycles. The molecule has 0 atom stereocenters. The molecule has 0 bridgehead atoms. The Hall–Kier alpha value is -2.94. The number of ether oxygens (including phenoxy) is 1. The quantitative estimate of drug-likeness (QED) is 0.575. The number of nitrogens with one attached hydrogen (secondary N) is 1. The highest BCUT2D eigenvalue weighted by Crippen LogP contribution is 2.36. The summed E-state index contributed by atoms with van der Waals surface area (Å²) in [5.41, 5.74) is 0.133. The van der Waals surface area contributed by atoms with E-state index in [-0.39, 0.29) is 30.0 Å². The lowest BCUT2D eigenvalue weighted by Crippen LogP contribution is -2.47.